The molecule has 1 aliphatic heterocycles. The number of pyridine rings is 1. The molecule has 0 fully saturated rings. The number of rotatable bonds is 7. The van der Waals surface area contributed by atoms with E-state index in [-0.39, 0.29) is 42.7 Å². The van der Waals surface area contributed by atoms with Crippen LogP contribution in [0.15, 0.2) is 152 Å². The molecule has 8 aromatic rings. The minimum atomic E-state index is -0.210. The third-order valence-electron chi connectivity index (χ3n) is 12.4. The number of aromatic nitrogens is 2. The Kier molecular flexibility index (Phi) is 12.3. The maximum absolute atomic E-state index is 6.88. The molecule has 5 nitrogen and oxygen atoms in total. The average Bonchev–Trinajstić information content (AvgIpc) is 3.87. The summed E-state index contributed by atoms with van der Waals surface area (Å²) in [5.41, 5.74) is 13.2. The third kappa shape index (κ3) is 9.12. The molecule has 0 N–H and O–H groups in total. The Bertz CT molecular complexity index is 3020. The van der Waals surface area contributed by atoms with Gasteiger partial charge in [0, 0.05) is 61.1 Å². The second-order valence-electron chi connectivity index (χ2n) is 21.6. The number of benzene rings is 6. The van der Waals surface area contributed by atoms with Gasteiger partial charge in [-0.3, -0.25) is 0 Å². The van der Waals surface area contributed by atoms with Gasteiger partial charge in [-0.05, 0) is 91.5 Å². The van der Waals surface area contributed by atoms with Crippen LogP contribution in [0.3, 0.4) is 0 Å². The molecule has 0 bridgehead atoms. The summed E-state index contributed by atoms with van der Waals surface area (Å²) in [6.45, 7) is 29.4. The molecule has 0 amide bonds. The first kappa shape index (κ1) is 46.6. The summed E-state index contributed by atoms with van der Waals surface area (Å²) >= 11 is 0. The summed E-state index contributed by atoms with van der Waals surface area (Å²) in [7, 11) is 0. The van der Waals surface area contributed by atoms with Gasteiger partial charge in [0.15, 0.2) is 0 Å². The van der Waals surface area contributed by atoms with E-state index in [1.54, 1.807) is 0 Å². The largest absolute Gasteiger partial charge is 0.509 e. The van der Waals surface area contributed by atoms with E-state index in [1.807, 2.05) is 12.3 Å². The van der Waals surface area contributed by atoms with Gasteiger partial charge in [0.2, 0.25) is 0 Å². The molecule has 0 radical (unpaired) electrons. The molecule has 66 heavy (non-hydrogen) atoms. The van der Waals surface area contributed by atoms with Crippen molar-refractivity contribution in [2.24, 2.45) is 5.41 Å². The van der Waals surface area contributed by atoms with Crippen LogP contribution in [0.5, 0.6) is 11.5 Å². The zero-order valence-electron chi connectivity index (χ0n) is 40.4. The van der Waals surface area contributed by atoms with Crippen LogP contribution in [-0.2, 0) is 37.3 Å². The monoisotopic (exact) mass is 1050 g/mol. The molecule has 0 spiro atoms. The molecule has 1 aliphatic rings. The molecule has 3 heterocycles. The first-order valence-corrected chi connectivity index (χ1v) is 22.9. The molecule has 6 heteroatoms. The van der Waals surface area contributed by atoms with Crippen molar-refractivity contribution < 1.29 is 25.8 Å². The zero-order valence-corrected chi connectivity index (χ0v) is 42.7. The third-order valence-corrected chi connectivity index (χ3v) is 12.4. The van der Waals surface area contributed by atoms with Gasteiger partial charge in [-0.2, -0.15) is 6.07 Å². The second-order valence-corrected chi connectivity index (χ2v) is 21.6. The van der Waals surface area contributed by atoms with Gasteiger partial charge in [0.05, 0.1) is 0 Å². The quantitative estimate of drug-likeness (QED) is 0.149. The van der Waals surface area contributed by atoms with Gasteiger partial charge in [-0.1, -0.05) is 167 Å². The maximum Gasteiger partial charge on any atom is 0.135 e. The summed E-state index contributed by atoms with van der Waals surface area (Å²) in [5, 5.41) is 2.24. The van der Waals surface area contributed by atoms with Crippen LogP contribution < -0.4 is 14.5 Å². The summed E-state index contributed by atoms with van der Waals surface area (Å²) in [4.78, 5) is 9.47. The molecule has 0 saturated heterocycles. The van der Waals surface area contributed by atoms with E-state index in [2.05, 4.69) is 250 Å². The van der Waals surface area contributed by atoms with Crippen LogP contribution in [0.1, 0.15) is 99.8 Å². The number of hydrogen-bond acceptors (Lipinski definition) is 4. The summed E-state index contributed by atoms with van der Waals surface area (Å²) in [6, 6.07) is 55.1. The second kappa shape index (κ2) is 17.4. The minimum Gasteiger partial charge on any atom is -0.509 e. The van der Waals surface area contributed by atoms with Crippen molar-refractivity contribution in [3.63, 3.8) is 0 Å². The Morgan fingerprint density at radius 2 is 1.15 bits per heavy atom. The summed E-state index contributed by atoms with van der Waals surface area (Å²) < 4.78 is 9.09. The number of para-hydroxylation sites is 1. The van der Waals surface area contributed by atoms with E-state index >= 15 is 0 Å². The van der Waals surface area contributed by atoms with Gasteiger partial charge in [-0.25, -0.2) is 4.98 Å². The number of anilines is 2. The molecule has 0 saturated carbocycles. The minimum absolute atomic E-state index is 0. The fraction of sp³-hybridized carbons (Fsp3) is 0.267. The van der Waals surface area contributed by atoms with E-state index in [4.69, 9.17) is 9.72 Å². The molecule has 0 aliphatic carbocycles. The molecule has 340 valence electrons. The zero-order chi connectivity index (χ0) is 46.1. The standard InChI is InChI=1S/C60H61N4O.Pt/c1-57(2,3)42-29-30-61-55(33-42)64-52-26-20-19-25-48(52)49-28-27-46(37-53(49)64)65-47-32-43(58(4,5)6)31-45(34-47)63-39-62(38-54(63)59(7,8)9)44-35-50(40-21-15-13-16-22-40)56(60(10,11)12)51(36-44)41-23-17-14-18-24-41;/h13-33,35-36,38-39H,1-12H3;/q-3;. The van der Waals surface area contributed by atoms with E-state index in [0.29, 0.717) is 11.5 Å². The molecule has 2 aromatic heterocycles. The Labute approximate surface area is 407 Å². The number of fused-ring (bicyclic) bond motifs is 3. The van der Waals surface area contributed by atoms with Crippen LogP contribution in [0.25, 0.3) is 49.9 Å². The molecular formula is C60H61N4OPt-3. The topological polar surface area (TPSA) is 33.5 Å². The van der Waals surface area contributed by atoms with Crippen LogP contribution >= 0.6 is 0 Å². The first-order valence-electron chi connectivity index (χ1n) is 22.9. The number of nitrogens with zero attached hydrogens (tertiary/aromatic N) is 4. The van der Waals surface area contributed by atoms with Gasteiger partial charge in [0.25, 0.3) is 0 Å². The number of hydrogen-bond donors (Lipinski definition) is 0. The Morgan fingerprint density at radius 3 is 1.74 bits per heavy atom. The predicted molar refractivity (Wildman–Crippen MR) is 273 cm³/mol. The fourth-order valence-electron chi connectivity index (χ4n) is 9.02. The van der Waals surface area contributed by atoms with Crippen molar-refractivity contribution in [3.05, 3.63) is 187 Å². The Morgan fingerprint density at radius 1 is 0.545 bits per heavy atom. The predicted octanol–water partition coefficient (Wildman–Crippen LogP) is 16.1. The maximum atomic E-state index is 6.88. The van der Waals surface area contributed by atoms with Crippen molar-refractivity contribution in [2.75, 3.05) is 9.80 Å². The summed E-state index contributed by atoms with van der Waals surface area (Å²) in [6.07, 6.45) is 4.20. The van der Waals surface area contributed by atoms with E-state index in [1.165, 1.54) is 33.4 Å². The number of allylic oxidation sites excluding steroid dienone is 1. The van der Waals surface area contributed by atoms with Crippen LogP contribution in [0.4, 0.5) is 11.4 Å². The molecule has 9 rings (SSSR count). The normalized spacial score (nSPS) is 13.6. The van der Waals surface area contributed by atoms with Gasteiger partial charge >= 0.3 is 0 Å². The van der Waals surface area contributed by atoms with Crippen LogP contribution in [0.2, 0.25) is 0 Å². The van der Waals surface area contributed by atoms with Gasteiger partial charge < -0.3 is 19.1 Å². The Balaban J connectivity index is 0.00000592. The smallest absolute Gasteiger partial charge is 0.135 e. The van der Waals surface area contributed by atoms with Crippen molar-refractivity contribution in [3.8, 4) is 39.6 Å². The number of ether oxygens (including phenoxy) is 1. The molecule has 0 atom stereocenters. The SMILES string of the molecule is CC(C)(C)C1=CN(c2cc(-c3ccccc3)c(C(C)(C)C)c(-c3ccccc3)c2)[CH-]N1c1[c-]c(Oc2[c-]c3c(cc2)c2ccccc2n3-c2cc(C(C)(C)C)ccn2)cc(C(C)(C)C)c1.[Pt]. The van der Waals surface area contributed by atoms with Crippen LogP contribution in [-0.4, -0.2) is 9.55 Å². The average molecular weight is 1050 g/mol. The first-order chi connectivity index (χ1) is 30.7. The van der Waals surface area contributed by atoms with Crippen LogP contribution in [0, 0.1) is 24.2 Å². The van der Waals surface area contributed by atoms with E-state index in [0.717, 1.165) is 50.3 Å². The fourth-order valence-corrected chi connectivity index (χ4v) is 9.02. The molecule has 0 unspecified atom stereocenters. The van der Waals surface area contributed by atoms with Crippen molar-refractivity contribution in [2.45, 2.75) is 99.3 Å². The summed E-state index contributed by atoms with van der Waals surface area (Å²) in [5.74, 6) is 2.10. The van der Waals surface area contributed by atoms with Crippen molar-refractivity contribution in [1.29, 1.82) is 0 Å². The Hall–Kier alpha value is -5.90. The van der Waals surface area contributed by atoms with Crippen molar-refractivity contribution in [1.82, 2.24) is 9.55 Å². The van der Waals surface area contributed by atoms with Gasteiger partial charge in [0.1, 0.15) is 5.82 Å². The molecular weight excluding hydrogens is 988 g/mol. The van der Waals surface area contributed by atoms with E-state index < -0.39 is 0 Å². The molecule has 6 aromatic carbocycles. The van der Waals surface area contributed by atoms with Crippen molar-refractivity contribution >= 4 is 33.2 Å². The van der Waals surface area contributed by atoms with Gasteiger partial charge in [-0.15, -0.1) is 53.6 Å². The van der Waals surface area contributed by atoms with E-state index in [9.17, 15) is 0 Å².